The number of nitrogens with one attached hydrogen (secondary N) is 1. The molecule has 1 saturated carbocycles. The highest BCUT2D eigenvalue weighted by atomic mass is 16.2. The number of imidazole rings is 1. The van der Waals surface area contributed by atoms with E-state index < -0.39 is 17.3 Å². The summed E-state index contributed by atoms with van der Waals surface area (Å²) in [5.41, 5.74) is -0.315. The van der Waals surface area contributed by atoms with Gasteiger partial charge in [-0.05, 0) is 25.7 Å². The van der Waals surface area contributed by atoms with Gasteiger partial charge in [-0.1, -0.05) is 19.3 Å². The van der Waals surface area contributed by atoms with Crippen LogP contribution < -0.4 is 16.6 Å². The van der Waals surface area contributed by atoms with Crippen molar-refractivity contribution in [2.45, 2.75) is 45.1 Å². The zero-order chi connectivity index (χ0) is 18.1. The maximum absolute atomic E-state index is 12.5. The summed E-state index contributed by atoms with van der Waals surface area (Å²) in [7, 11) is 2.99. The molecule has 1 fully saturated rings. The van der Waals surface area contributed by atoms with Gasteiger partial charge in [-0.15, -0.1) is 0 Å². The van der Waals surface area contributed by atoms with E-state index in [-0.39, 0.29) is 11.4 Å². The molecular formula is C17H25N5O3. The smallest absolute Gasteiger partial charge is 0.332 e. The zero-order valence-electron chi connectivity index (χ0n) is 15.0. The van der Waals surface area contributed by atoms with Crippen LogP contribution in [0.25, 0.3) is 11.2 Å². The molecule has 0 bridgehead atoms. The van der Waals surface area contributed by atoms with E-state index in [4.69, 9.17) is 0 Å². The number of hydrogen-bond acceptors (Lipinski definition) is 4. The highest BCUT2D eigenvalue weighted by Crippen LogP contribution is 2.23. The predicted molar refractivity (Wildman–Crippen MR) is 94.5 cm³/mol. The number of fused-ring (bicyclic) bond motifs is 1. The number of carbonyl (C=O) groups excluding carboxylic acids is 1. The summed E-state index contributed by atoms with van der Waals surface area (Å²) in [6.45, 7) is 2.41. The zero-order valence-corrected chi connectivity index (χ0v) is 15.0. The molecule has 0 radical (unpaired) electrons. The summed E-state index contributed by atoms with van der Waals surface area (Å²) in [6.07, 6.45) is 7.51. The Labute approximate surface area is 145 Å². The van der Waals surface area contributed by atoms with E-state index in [2.05, 4.69) is 10.3 Å². The molecular weight excluding hydrogens is 322 g/mol. The van der Waals surface area contributed by atoms with Crippen molar-refractivity contribution in [1.29, 1.82) is 0 Å². The normalized spacial score (nSPS) is 16.9. The highest BCUT2D eigenvalue weighted by Gasteiger charge is 2.22. The van der Waals surface area contributed by atoms with Gasteiger partial charge in [0.1, 0.15) is 6.04 Å². The quantitative estimate of drug-likeness (QED) is 0.881. The molecule has 8 heteroatoms. The van der Waals surface area contributed by atoms with Gasteiger partial charge in [0.15, 0.2) is 11.2 Å². The number of aryl methyl sites for hydroxylation is 1. The van der Waals surface area contributed by atoms with Crippen LogP contribution in [0.4, 0.5) is 0 Å². The molecule has 0 unspecified atom stereocenters. The van der Waals surface area contributed by atoms with Crippen molar-refractivity contribution in [2.75, 3.05) is 6.54 Å². The van der Waals surface area contributed by atoms with Gasteiger partial charge in [-0.3, -0.25) is 18.7 Å². The summed E-state index contributed by atoms with van der Waals surface area (Å²) < 4.78 is 3.90. The third-order valence-electron chi connectivity index (χ3n) is 5.26. The van der Waals surface area contributed by atoms with Crippen LogP contribution in [0.15, 0.2) is 15.9 Å². The fraction of sp³-hybridized carbons (Fsp3) is 0.647. The largest absolute Gasteiger partial charge is 0.354 e. The Balaban J connectivity index is 1.84. The van der Waals surface area contributed by atoms with Crippen molar-refractivity contribution < 1.29 is 4.79 Å². The molecule has 2 aromatic heterocycles. The number of hydrogen-bond donors (Lipinski definition) is 1. The van der Waals surface area contributed by atoms with Gasteiger partial charge < -0.3 is 9.88 Å². The number of nitrogens with zero attached hydrogens (tertiary/aromatic N) is 4. The lowest BCUT2D eigenvalue weighted by atomic mass is 9.89. The first kappa shape index (κ1) is 17.4. The van der Waals surface area contributed by atoms with Crippen LogP contribution in [0, 0.1) is 5.92 Å². The molecule has 2 heterocycles. The van der Waals surface area contributed by atoms with E-state index in [0.29, 0.717) is 18.1 Å². The molecule has 1 amide bonds. The van der Waals surface area contributed by atoms with Crippen molar-refractivity contribution >= 4 is 17.1 Å². The SMILES string of the molecule is C[C@H](C(=O)NCC1CCCCC1)n1cnc2c1c(=O)n(C)c(=O)n2C. The molecule has 25 heavy (non-hydrogen) atoms. The van der Waals surface area contributed by atoms with Gasteiger partial charge in [0.05, 0.1) is 6.33 Å². The average molecular weight is 347 g/mol. The second kappa shape index (κ2) is 6.85. The maximum Gasteiger partial charge on any atom is 0.332 e. The molecule has 0 saturated heterocycles. The molecule has 8 nitrogen and oxygen atoms in total. The second-order valence-electron chi connectivity index (χ2n) is 6.95. The molecule has 0 spiro atoms. The van der Waals surface area contributed by atoms with Crippen LogP contribution in [0.5, 0.6) is 0 Å². The number of carbonyl (C=O) groups is 1. The van der Waals surface area contributed by atoms with Crippen LogP contribution in [0.1, 0.15) is 45.1 Å². The van der Waals surface area contributed by atoms with Crippen molar-refractivity contribution in [3.05, 3.63) is 27.2 Å². The van der Waals surface area contributed by atoms with Crippen molar-refractivity contribution in [1.82, 2.24) is 24.0 Å². The topological polar surface area (TPSA) is 90.9 Å². The molecule has 1 N–H and O–H groups in total. The number of rotatable bonds is 4. The van der Waals surface area contributed by atoms with E-state index in [1.807, 2.05) is 0 Å². The Hall–Kier alpha value is -2.38. The van der Waals surface area contributed by atoms with E-state index in [1.54, 1.807) is 18.5 Å². The van der Waals surface area contributed by atoms with Crippen molar-refractivity contribution in [3.8, 4) is 0 Å². The maximum atomic E-state index is 12.5. The summed E-state index contributed by atoms with van der Waals surface area (Å²) in [5.74, 6) is 0.402. The summed E-state index contributed by atoms with van der Waals surface area (Å²) >= 11 is 0. The molecule has 2 aromatic rings. The Kier molecular flexibility index (Phi) is 4.78. The van der Waals surface area contributed by atoms with Crippen molar-refractivity contribution in [3.63, 3.8) is 0 Å². The Bertz CT molecular complexity index is 901. The molecule has 0 aromatic carbocycles. The van der Waals surface area contributed by atoms with Gasteiger partial charge in [-0.2, -0.15) is 0 Å². The lowest BCUT2D eigenvalue weighted by molar-refractivity contribution is -0.124. The Morgan fingerprint density at radius 3 is 2.60 bits per heavy atom. The van der Waals surface area contributed by atoms with Gasteiger partial charge in [-0.25, -0.2) is 9.78 Å². The van der Waals surface area contributed by atoms with Crippen LogP contribution in [-0.2, 0) is 18.9 Å². The average Bonchev–Trinajstić information content (AvgIpc) is 3.08. The minimum Gasteiger partial charge on any atom is -0.354 e. The molecule has 1 aliphatic carbocycles. The minimum absolute atomic E-state index is 0.138. The fourth-order valence-corrected chi connectivity index (χ4v) is 3.57. The standard InChI is InChI=1S/C17H25N5O3/c1-11(15(23)18-9-12-7-5-4-6-8-12)22-10-19-14-13(22)16(24)21(3)17(25)20(14)2/h10-12H,4-9H2,1-3H3,(H,18,23)/t11-/m1/s1. The van der Waals surface area contributed by atoms with Crippen LogP contribution in [0.2, 0.25) is 0 Å². The van der Waals surface area contributed by atoms with Crippen molar-refractivity contribution in [2.24, 2.45) is 20.0 Å². The van der Waals surface area contributed by atoms with Gasteiger partial charge in [0.2, 0.25) is 5.91 Å². The summed E-state index contributed by atoms with van der Waals surface area (Å²) in [4.78, 5) is 41.2. The van der Waals surface area contributed by atoms with Crippen LogP contribution in [-0.4, -0.2) is 31.1 Å². The first-order chi connectivity index (χ1) is 11.9. The summed E-state index contributed by atoms with van der Waals surface area (Å²) in [5, 5.41) is 3.00. The first-order valence-corrected chi connectivity index (χ1v) is 8.82. The molecule has 3 rings (SSSR count). The monoisotopic (exact) mass is 347 g/mol. The predicted octanol–water partition coefficient (Wildman–Crippen LogP) is 0.691. The Morgan fingerprint density at radius 1 is 1.24 bits per heavy atom. The van der Waals surface area contributed by atoms with Gasteiger partial charge in [0.25, 0.3) is 5.56 Å². The highest BCUT2D eigenvalue weighted by molar-refractivity contribution is 5.82. The molecule has 1 aliphatic rings. The molecule has 0 aliphatic heterocycles. The lowest BCUT2D eigenvalue weighted by Crippen LogP contribution is -2.39. The Morgan fingerprint density at radius 2 is 1.92 bits per heavy atom. The third-order valence-corrected chi connectivity index (χ3v) is 5.26. The summed E-state index contributed by atoms with van der Waals surface area (Å²) in [6, 6.07) is -0.571. The second-order valence-corrected chi connectivity index (χ2v) is 6.95. The van der Waals surface area contributed by atoms with Crippen LogP contribution >= 0.6 is 0 Å². The van der Waals surface area contributed by atoms with Gasteiger partial charge in [0, 0.05) is 20.6 Å². The third kappa shape index (κ3) is 3.12. The van der Waals surface area contributed by atoms with E-state index in [9.17, 15) is 14.4 Å². The molecule has 1 atom stereocenters. The fourth-order valence-electron chi connectivity index (χ4n) is 3.57. The number of aromatic nitrogens is 4. The minimum atomic E-state index is -0.571. The lowest BCUT2D eigenvalue weighted by Gasteiger charge is -2.23. The first-order valence-electron chi connectivity index (χ1n) is 8.82. The number of amides is 1. The van der Waals surface area contributed by atoms with E-state index >= 15 is 0 Å². The van der Waals surface area contributed by atoms with Crippen LogP contribution in [0.3, 0.4) is 0 Å². The van der Waals surface area contributed by atoms with Gasteiger partial charge >= 0.3 is 5.69 Å². The van der Waals surface area contributed by atoms with E-state index in [0.717, 1.165) is 17.4 Å². The molecule has 136 valence electrons. The van der Waals surface area contributed by atoms with E-state index in [1.165, 1.54) is 37.2 Å².